The van der Waals surface area contributed by atoms with Gasteiger partial charge in [0.25, 0.3) is 0 Å². The number of hydrogen-bond donors (Lipinski definition) is 2. The van der Waals surface area contributed by atoms with Crippen molar-refractivity contribution in [1.29, 1.82) is 0 Å². The monoisotopic (exact) mass is 184 g/mol. The Morgan fingerprint density at radius 2 is 2.00 bits per heavy atom. The topological polar surface area (TPSA) is 49.5 Å². The Labute approximate surface area is 80.9 Å². The second kappa shape index (κ2) is 4.10. The van der Waals surface area contributed by atoms with Crippen LogP contribution in [0.4, 0.5) is 0 Å². The van der Waals surface area contributed by atoms with Crippen molar-refractivity contribution in [2.45, 2.75) is 44.8 Å². The first-order chi connectivity index (χ1) is 5.77. The van der Waals surface area contributed by atoms with Crippen molar-refractivity contribution in [2.24, 2.45) is 5.84 Å². The molecule has 0 aliphatic heterocycles. The second-order valence-electron chi connectivity index (χ2n) is 4.06. The summed E-state index contributed by atoms with van der Waals surface area (Å²) in [5.41, 5.74) is -1.34. The zero-order chi connectivity index (χ0) is 10.7. The summed E-state index contributed by atoms with van der Waals surface area (Å²) in [5, 5.41) is 11.3. The van der Waals surface area contributed by atoms with Gasteiger partial charge in [0.1, 0.15) is 0 Å². The van der Waals surface area contributed by atoms with Crippen molar-refractivity contribution in [2.75, 3.05) is 7.05 Å². The summed E-state index contributed by atoms with van der Waals surface area (Å²) in [5.74, 6) is 8.23. The molecule has 3 heteroatoms. The maximum absolute atomic E-state index is 9.86. The first-order valence-corrected chi connectivity index (χ1v) is 4.46. The minimum absolute atomic E-state index is 0.472. The van der Waals surface area contributed by atoms with E-state index in [9.17, 15) is 5.11 Å². The predicted octanol–water partition coefficient (Wildman–Crippen LogP) is 0.735. The van der Waals surface area contributed by atoms with Crippen molar-refractivity contribution >= 4 is 0 Å². The highest BCUT2D eigenvalue weighted by Crippen LogP contribution is 2.25. The minimum atomic E-state index is -0.755. The molecule has 3 N–H and O–H groups in total. The first-order valence-electron chi connectivity index (χ1n) is 4.46. The number of hydrazine groups is 1. The molecule has 0 heterocycles. The molecule has 76 valence electrons. The standard InChI is InChI=1S/C10H20N2O/c1-6-9(3,12(5)11)8-10(4,13)7-2/h1,13H,7-8,11H2,2-5H3. The van der Waals surface area contributed by atoms with Gasteiger partial charge in [-0.25, -0.2) is 5.01 Å². The highest BCUT2D eigenvalue weighted by molar-refractivity contribution is 5.12. The molecule has 0 saturated carbocycles. The normalized spacial score (nSPS) is 20.5. The summed E-state index contributed by atoms with van der Waals surface area (Å²) in [6.07, 6.45) is 6.52. The predicted molar refractivity (Wildman–Crippen MR) is 54.7 cm³/mol. The molecule has 0 fully saturated rings. The third-order valence-electron chi connectivity index (χ3n) is 2.58. The van der Waals surface area contributed by atoms with E-state index in [1.54, 1.807) is 14.0 Å². The average molecular weight is 184 g/mol. The van der Waals surface area contributed by atoms with Crippen LogP contribution in [0.3, 0.4) is 0 Å². The van der Waals surface area contributed by atoms with E-state index in [-0.39, 0.29) is 0 Å². The largest absolute Gasteiger partial charge is 0.390 e. The van der Waals surface area contributed by atoms with Gasteiger partial charge in [0.2, 0.25) is 0 Å². The Morgan fingerprint density at radius 1 is 1.54 bits per heavy atom. The molecule has 2 unspecified atom stereocenters. The number of rotatable bonds is 4. The molecule has 13 heavy (non-hydrogen) atoms. The Kier molecular flexibility index (Phi) is 3.92. The fraction of sp³-hybridized carbons (Fsp3) is 0.800. The molecule has 2 atom stereocenters. The molecule has 0 saturated heterocycles. The highest BCUT2D eigenvalue weighted by atomic mass is 16.3. The van der Waals surface area contributed by atoms with E-state index >= 15 is 0 Å². The lowest BCUT2D eigenvalue weighted by molar-refractivity contribution is 0.00510. The third-order valence-corrected chi connectivity index (χ3v) is 2.58. The molecule has 0 bridgehead atoms. The molecule has 3 nitrogen and oxygen atoms in total. The van der Waals surface area contributed by atoms with Gasteiger partial charge in [-0.15, -0.1) is 6.42 Å². The summed E-state index contributed by atoms with van der Waals surface area (Å²) < 4.78 is 0. The minimum Gasteiger partial charge on any atom is -0.390 e. The van der Waals surface area contributed by atoms with Crippen molar-refractivity contribution in [1.82, 2.24) is 5.01 Å². The van der Waals surface area contributed by atoms with Crippen LogP contribution in [0.5, 0.6) is 0 Å². The Hall–Kier alpha value is -0.560. The molecule has 0 radical (unpaired) electrons. The second-order valence-corrected chi connectivity index (χ2v) is 4.06. The molecule has 0 spiro atoms. The summed E-state index contributed by atoms with van der Waals surface area (Å²) in [4.78, 5) is 0. The molecule has 0 aromatic carbocycles. The molecule has 0 amide bonds. The summed E-state index contributed by atoms with van der Waals surface area (Å²) in [6, 6.07) is 0. The third kappa shape index (κ3) is 3.35. The smallest absolute Gasteiger partial charge is 0.0947 e. The summed E-state index contributed by atoms with van der Waals surface area (Å²) in [6.45, 7) is 5.54. The van der Waals surface area contributed by atoms with Crippen LogP contribution in [0.25, 0.3) is 0 Å². The lowest BCUT2D eigenvalue weighted by Crippen LogP contribution is -2.51. The maximum Gasteiger partial charge on any atom is 0.0947 e. The molecule has 0 aliphatic carbocycles. The van der Waals surface area contributed by atoms with Gasteiger partial charge in [0, 0.05) is 13.5 Å². The van der Waals surface area contributed by atoms with Crippen molar-refractivity contribution in [3.8, 4) is 12.3 Å². The number of terminal acetylenes is 1. The maximum atomic E-state index is 9.86. The fourth-order valence-corrected chi connectivity index (χ4v) is 1.14. The zero-order valence-corrected chi connectivity index (χ0v) is 8.96. The van der Waals surface area contributed by atoms with Crippen molar-refractivity contribution in [3.05, 3.63) is 0 Å². The van der Waals surface area contributed by atoms with E-state index < -0.39 is 11.1 Å². The van der Waals surface area contributed by atoms with Gasteiger partial charge in [-0.1, -0.05) is 12.8 Å². The fourth-order valence-electron chi connectivity index (χ4n) is 1.14. The van der Waals surface area contributed by atoms with Gasteiger partial charge in [-0.3, -0.25) is 5.84 Å². The Bertz CT molecular complexity index is 205. The molecule has 0 aromatic heterocycles. The average Bonchev–Trinajstić information content (AvgIpc) is 2.03. The van der Waals surface area contributed by atoms with Gasteiger partial charge in [0.15, 0.2) is 0 Å². The summed E-state index contributed by atoms with van der Waals surface area (Å²) >= 11 is 0. The summed E-state index contributed by atoms with van der Waals surface area (Å²) in [7, 11) is 1.71. The molecular weight excluding hydrogens is 164 g/mol. The Balaban J connectivity index is 4.57. The van der Waals surface area contributed by atoms with Crippen LogP contribution >= 0.6 is 0 Å². The zero-order valence-electron chi connectivity index (χ0n) is 8.96. The Morgan fingerprint density at radius 3 is 2.23 bits per heavy atom. The van der Waals surface area contributed by atoms with Crippen LogP contribution in [0, 0.1) is 12.3 Å². The number of nitrogens with zero attached hydrogens (tertiary/aromatic N) is 1. The molecule has 0 aliphatic rings. The van der Waals surface area contributed by atoms with Crippen LogP contribution < -0.4 is 5.84 Å². The van der Waals surface area contributed by atoms with Gasteiger partial charge in [0.05, 0.1) is 11.1 Å². The number of aliphatic hydroxyl groups is 1. The van der Waals surface area contributed by atoms with E-state index in [1.807, 2.05) is 13.8 Å². The lowest BCUT2D eigenvalue weighted by Gasteiger charge is -2.36. The van der Waals surface area contributed by atoms with Crippen LogP contribution in [0.1, 0.15) is 33.6 Å². The van der Waals surface area contributed by atoms with E-state index in [0.717, 1.165) is 0 Å². The quantitative estimate of drug-likeness (QED) is 0.385. The van der Waals surface area contributed by atoms with Crippen LogP contribution in [-0.2, 0) is 0 Å². The van der Waals surface area contributed by atoms with E-state index in [2.05, 4.69) is 5.92 Å². The molecule has 0 aromatic rings. The first kappa shape index (κ1) is 12.4. The molecule has 0 rings (SSSR count). The van der Waals surface area contributed by atoms with Gasteiger partial charge < -0.3 is 5.11 Å². The molecular formula is C10H20N2O. The SMILES string of the molecule is C#CC(C)(CC(C)(O)CC)N(C)N. The highest BCUT2D eigenvalue weighted by Gasteiger charge is 2.33. The van der Waals surface area contributed by atoms with Crippen molar-refractivity contribution < 1.29 is 5.11 Å². The van der Waals surface area contributed by atoms with Gasteiger partial charge in [-0.05, 0) is 20.3 Å². The van der Waals surface area contributed by atoms with Gasteiger partial charge >= 0.3 is 0 Å². The van der Waals surface area contributed by atoms with Crippen LogP contribution in [-0.4, -0.2) is 28.3 Å². The number of nitrogens with two attached hydrogens (primary N) is 1. The van der Waals surface area contributed by atoms with E-state index in [4.69, 9.17) is 12.3 Å². The van der Waals surface area contributed by atoms with E-state index in [0.29, 0.717) is 12.8 Å². The number of hydrogen-bond acceptors (Lipinski definition) is 3. The lowest BCUT2D eigenvalue weighted by atomic mass is 9.85. The van der Waals surface area contributed by atoms with E-state index in [1.165, 1.54) is 5.01 Å². The van der Waals surface area contributed by atoms with Crippen molar-refractivity contribution in [3.63, 3.8) is 0 Å². The van der Waals surface area contributed by atoms with Crippen LogP contribution in [0.2, 0.25) is 0 Å². The van der Waals surface area contributed by atoms with Crippen LogP contribution in [0.15, 0.2) is 0 Å². The van der Waals surface area contributed by atoms with Gasteiger partial charge in [-0.2, -0.15) is 0 Å².